The van der Waals surface area contributed by atoms with Crippen LogP contribution in [0.2, 0.25) is 0 Å². The largest absolute Gasteiger partial charge is 0.394 e. The van der Waals surface area contributed by atoms with Crippen molar-refractivity contribution in [1.29, 1.82) is 0 Å². The molecule has 1 rings (SSSR count). The van der Waals surface area contributed by atoms with Crippen molar-refractivity contribution in [3.05, 3.63) is 0 Å². The van der Waals surface area contributed by atoms with Gasteiger partial charge < -0.3 is 14.6 Å². The van der Waals surface area contributed by atoms with Gasteiger partial charge >= 0.3 is 0 Å². The van der Waals surface area contributed by atoms with Gasteiger partial charge in [0, 0.05) is 6.61 Å². The van der Waals surface area contributed by atoms with Crippen molar-refractivity contribution < 1.29 is 14.6 Å². The molecule has 0 amide bonds. The summed E-state index contributed by atoms with van der Waals surface area (Å²) in [6.45, 7) is 3.72. The summed E-state index contributed by atoms with van der Waals surface area (Å²) in [5, 5.41) is 8.60. The number of ether oxygens (including phenoxy) is 2. The molecule has 1 aliphatic heterocycles. The number of rotatable bonds is 6. The van der Waals surface area contributed by atoms with Gasteiger partial charge in [0.25, 0.3) is 0 Å². The smallest absolute Gasteiger partial charge is 0.110 e. The molecule has 0 bridgehead atoms. The summed E-state index contributed by atoms with van der Waals surface area (Å²) in [7, 11) is 0. The first-order valence-corrected chi connectivity index (χ1v) is 4.22. The van der Waals surface area contributed by atoms with Crippen molar-refractivity contribution in [1.82, 2.24) is 0 Å². The van der Waals surface area contributed by atoms with Crippen LogP contribution in [-0.4, -0.2) is 37.1 Å². The van der Waals surface area contributed by atoms with E-state index >= 15 is 0 Å². The molecule has 1 fully saturated rings. The molecular weight excluding hydrogens is 144 g/mol. The van der Waals surface area contributed by atoms with Gasteiger partial charge in [0.05, 0.1) is 13.2 Å². The fraction of sp³-hybridized carbons (Fsp3) is 1.00. The van der Waals surface area contributed by atoms with E-state index in [9.17, 15) is 0 Å². The fourth-order valence-corrected chi connectivity index (χ4v) is 0.932. The van der Waals surface area contributed by atoms with Gasteiger partial charge in [-0.05, 0) is 6.42 Å². The molecular formula is C8H16O3. The summed E-state index contributed by atoms with van der Waals surface area (Å²) >= 11 is 0. The quantitative estimate of drug-likeness (QED) is 0.456. The first kappa shape index (κ1) is 8.97. The van der Waals surface area contributed by atoms with Crippen molar-refractivity contribution >= 4 is 0 Å². The van der Waals surface area contributed by atoms with Crippen molar-refractivity contribution in [2.24, 2.45) is 0 Å². The molecule has 2 atom stereocenters. The number of epoxide rings is 1. The first-order valence-electron chi connectivity index (χ1n) is 4.22. The molecule has 0 aromatic heterocycles. The lowest BCUT2D eigenvalue weighted by atomic mass is 10.3. The second-order valence-corrected chi connectivity index (χ2v) is 2.82. The molecule has 1 aliphatic rings. The second-order valence-electron chi connectivity index (χ2n) is 2.82. The number of unbranched alkanes of at least 4 members (excludes halogenated alkanes) is 1. The fourth-order valence-electron chi connectivity index (χ4n) is 0.932. The monoisotopic (exact) mass is 160 g/mol. The summed E-state index contributed by atoms with van der Waals surface area (Å²) in [4.78, 5) is 0. The lowest BCUT2D eigenvalue weighted by Crippen LogP contribution is -2.07. The van der Waals surface area contributed by atoms with Gasteiger partial charge in [-0.25, -0.2) is 0 Å². The molecule has 3 nitrogen and oxygen atoms in total. The van der Waals surface area contributed by atoms with E-state index in [0.29, 0.717) is 6.61 Å². The van der Waals surface area contributed by atoms with E-state index in [0.717, 1.165) is 19.4 Å². The summed E-state index contributed by atoms with van der Waals surface area (Å²) in [5.74, 6) is 0. The lowest BCUT2D eigenvalue weighted by molar-refractivity contribution is 0.114. The highest BCUT2D eigenvalue weighted by Gasteiger charge is 2.37. The molecule has 0 aromatic carbocycles. The molecule has 0 aliphatic carbocycles. The van der Waals surface area contributed by atoms with E-state index in [1.165, 1.54) is 0 Å². The Balaban J connectivity index is 1.82. The Kier molecular flexibility index (Phi) is 3.83. The average Bonchev–Trinajstić information content (AvgIpc) is 2.77. The highest BCUT2D eigenvalue weighted by atomic mass is 16.6. The maximum absolute atomic E-state index is 8.60. The van der Waals surface area contributed by atoms with Crippen LogP contribution in [0.3, 0.4) is 0 Å². The number of aliphatic hydroxyl groups is 1. The standard InChI is InChI=1S/C8H16O3/c1-2-3-4-10-6-8-7(5-9)11-8/h7-9H,2-6H2,1H3/t7-,8?/m0/s1. The van der Waals surface area contributed by atoms with E-state index < -0.39 is 0 Å². The normalized spacial score (nSPS) is 28.9. The van der Waals surface area contributed by atoms with Gasteiger partial charge in [0.15, 0.2) is 0 Å². The molecule has 3 heteroatoms. The minimum absolute atomic E-state index is 0.0524. The van der Waals surface area contributed by atoms with Gasteiger partial charge in [-0.3, -0.25) is 0 Å². The van der Waals surface area contributed by atoms with Crippen molar-refractivity contribution in [2.75, 3.05) is 19.8 Å². The summed E-state index contributed by atoms with van der Waals surface area (Å²) in [5.41, 5.74) is 0. The molecule has 0 radical (unpaired) electrons. The van der Waals surface area contributed by atoms with Crippen LogP contribution in [0.1, 0.15) is 19.8 Å². The molecule has 1 N–H and O–H groups in total. The predicted molar refractivity (Wildman–Crippen MR) is 41.5 cm³/mol. The number of hydrogen-bond acceptors (Lipinski definition) is 3. The zero-order chi connectivity index (χ0) is 8.10. The Morgan fingerprint density at radius 2 is 2.27 bits per heavy atom. The minimum atomic E-state index is 0.0524. The molecule has 0 saturated carbocycles. The highest BCUT2D eigenvalue weighted by molar-refractivity contribution is 4.83. The maximum Gasteiger partial charge on any atom is 0.110 e. The van der Waals surface area contributed by atoms with E-state index in [1.54, 1.807) is 0 Å². The third kappa shape index (κ3) is 3.18. The Bertz CT molecular complexity index is 106. The van der Waals surface area contributed by atoms with Crippen LogP contribution in [0.4, 0.5) is 0 Å². The van der Waals surface area contributed by atoms with Crippen LogP contribution in [0.5, 0.6) is 0 Å². The zero-order valence-corrected chi connectivity index (χ0v) is 6.95. The van der Waals surface area contributed by atoms with Crippen LogP contribution in [0.25, 0.3) is 0 Å². The topological polar surface area (TPSA) is 42.0 Å². The zero-order valence-electron chi connectivity index (χ0n) is 6.95. The average molecular weight is 160 g/mol. The van der Waals surface area contributed by atoms with Crippen molar-refractivity contribution in [3.63, 3.8) is 0 Å². The maximum atomic E-state index is 8.60. The number of hydrogen-bond donors (Lipinski definition) is 1. The Morgan fingerprint density at radius 3 is 2.82 bits per heavy atom. The Morgan fingerprint density at radius 1 is 1.45 bits per heavy atom. The van der Waals surface area contributed by atoms with Gasteiger partial charge in [-0.15, -0.1) is 0 Å². The van der Waals surface area contributed by atoms with Gasteiger partial charge in [-0.2, -0.15) is 0 Å². The lowest BCUT2D eigenvalue weighted by Gasteiger charge is -1.98. The molecule has 1 unspecified atom stereocenters. The van der Waals surface area contributed by atoms with E-state index in [1.807, 2.05) is 0 Å². The number of aliphatic hydroxyl groups excluding tert-OH is 1. The molecule has 66 valence electrons. The van der Waals surface area contributed by atoms with E-state index in [2.05, 4.69) is 6.92 Å². The minimum Gasteiger partial charge on any atom is -0.394 e. The third-order valence-corrected chi connectivity index (χ3v) is 1.79. The van der Waals surface area contributed by atoms with Crippen LogP contribution < -0.4 is 0 Å². The van der Waals surface area contributed by atoms with E-state index in [4.69, 9.17) is 14.6 Å². The molecule has 0 aromatic rings. The summed E-state index contributed by atoms with van der Waals surface area (Å²) in [6.07, 6.45) is 2.49. The predicted octanol–water partition coefficient (Wildman–Crippen LogP) is 0.563. The third-order valence-electron chi connectivity index (χ3n) is 1.79. The molecule has 1 saturated heterocycles. The SMILES string of the molecule is CCCCOCC1O[C@H]1CO. The highest BCUT2D eigenvalue weighted by Crippen LogP contribution is 2.21. The summed E-state index contributed by atoms with van der Waals surface area (Å²) in [6, 6.07) is 0. The summed E-state index contributed by atoms with van der Waals surface area (Å²) < 4.78 is 10.4. The van der Waals surface area contributed by atoms with Crippen LogP contribution in [0, 0.1) is 0 Å². The van der Waals surface area contributed by atoms with E-state index in [-0.39, 0.29) is 18.8 Å². The van der Waals surface area contributed by atoms with Gasteiger partial charge in [-0.1, -0.05) is 13.3 Å². The molecule has 1 heterocycles. The first-order chi connectivity index (χ1) is 5.38. The Labute approximate surface area is 67.3 Å². The Hall–Kier alpha value is -0.120. The van der Waals surface area contributed by atoms with Crippen molar-refractivity contribution in [3.8, 4) is 0 Å². The van der Waals surface area contributed by atoms with Crippen LogP contribution in [-0.2, 0) is 9.47 Å². The van der Waals surface area contributed by atoms with Crippen LogP contribution in [0.15, 0.2) is 0 Å². The van der Waals surface area contributed by atoms with Gasteiger partial charge in [0.2, 0.25) is 0 Å². The van der Waals surface area contributed by atoms with Crippen molar-refractivity contribution in [2.45, 2.75) is 32.0 Å². The van der Waals surface area contributed by atoms with Gasteiger partial charge in [0.1, 0.15) is 12.2 Å². The molecule has 0 spiro atoms. The second kappa shape index (κ2) is 4.70. The van der Waals surface area contributed by atoms with Crippen LogP contribution >= 0.6 is 0 Å². The molecule has 11 heavy (non-hydrogen) atoms.